The Labute approximate surface area is 131 Å². The molecule has 0 unspecified atom stereocenters. The number of sulfonamides is 1. The van der Waals surface area contributed by atoms with Gasteiger partial charge in [0.15, 0.2) is 5.82 Å². The SMILES string of the molecule is Cc1ccc(C)c(NS(=O)(=O)c2cc(Br)cnc2NN)c1. The van der Waals surface area contributed by atoms with Crippen LogP contribution in [0, 0.1) is 13.8 Å². The van der Waals surface area contributed by atoms with E-state index >= 15 is 0 Å². The molecule has 0 saturated heterocycles. The summed E-state index contributed by atoms with van der Waals surface area (Å²) in [5, 5.41) is 0. The highest BCUT2D eigenvalue weighted by Gasteiger charge is 2.21. The van der Waals surface area contributed by atoms with Gasteiger partial charge in [0.05, 0.1) is 5.69 Å². The Morgan fingerprint density at radius 2 is 1.95 bits per heavy atom. The maximum Gasteiger partial charge on any atom is 0.265 e. The van der Waals surface area contributed by atoms with E-state index in [1.54, 1.807) is 6.07 Å². The number of nitrogens with one attached hydrogen (secondary N) is 2. The van der Waals surface area contributed by atoms with Crippen LogP contribution in [0.4, 0.5) is 11.5 Å². The Hall–Kier alpha value is -1.64. The number of anilines is 2. The number of rotatable bonds is 4. The van der Waals surface area contributed by atoms with Gasteiger partial charge in [-0.25, -0.2) is 19.2 Å². The maximum absolute atomic E-state index is 12.5. The lowest BCUT2D eigenvalue weighted by molar-refractivity contribution is 0.601. The van der Waals surface area contributed by atoms with E-state index in [1.165, 1.54) is 12.3 Å². The lowest BCUT2D eigenvalue weighted by Crippen LogP contribution is -2.19. The van der Waals surface area contributed by atoms with Gasteiger partial charge in [0.25, 0.3) is 10.0 Å². The van der Waals surface area contributed by atoms with Crippen LogP contribution in [0.5, 0.6) is 0 Å². The molecule has 0 spiro atoms. The summed E-state index contributed by atoms with van der Waals surface area (Å²) in [6, 6.07) is 6.98. The third-order valence-electron chi connectivity index (χ3n) is 2.88. The van der Waals surface area contributed by atoms with Crippen LogP contribution >= 0.6 is 15.9 Å². The first-order valence-electron chi connectivity index (χ1n) is 6.06. The molecule has 0 amide bonds. The number of nitrogens with two attached hydrogens (primary N) is 1. The van der Waals surface area contributed by atoms with Gasteiger partial charge in [-0.15, -0.1) is 0 Å². The van der Waals surface area contributed by atoms with Crippen molar-refractivity contribution in [1.82, 2.24) is 4.98 Å². The number of hydrazine groups is 1. The van der Waals surface area contributed by atoms with Crippen LogP contribution < -0.4 is 16.0 Å². The van der Waals surface area contributed by atoms with Gasteiger partial charge < -0.3 is 5.43 Å². The van der Waals surface area contributed by atoms with E-state index in [1.807, 2.05) is 26.0 Å². The zero-order chi connectivity index (χ0) is 15.6. The van der Waals surface area contributed by atoms with Crippen molar-refractivity contribution in [2.24, 2.45) is 5.84 Å². The van der Waals surface area contributed by atoms with Gasteiger partial charge in [0.2, 0.25) is 0 Å². The van der Waals surface area contributed by atoms with Crippen molar-refractivity contribution < 1.29 is 8.42 Å². The van der Waals surface area contributed by atoms with Crippen LogP contribution in [0.3, 0.4) is 0 Å². The monoisotopic (exact) mass is 370 g/mol. The Morgan fingerprint density at radius 1 is 1.24 bits per heavy atom. The van der Waals surface area contributed by atoms with E-state index < -0.39 is 10.0 Å². The summed E-state index contributed by atoms with van der Waals surface area (Å²) in [6.07, 6.45) is 1.46. The van der Waals surface area contributed by atoms with E-state index in [9.17, 15) is 8.42 Å². The van der Waals surface area contributed by atoms with Crippen LogP contribution in [0.15, 0.2) is 39.8 Å². The molecule has 6 nitrogen and oxygen atoms in total. The van der Waals surface area contributed by atoms with Gasteiger partial charge in [-0.05, 0) is 53.0 Å². The molecule has 0 atom stereocenters. The molecule has 2 rings (SSSR count). The summed E-state index contributed by atoms with van der Waals surface area (Å²) in [4.78, 5) is 3.91. The van der Waals surface area contributed by atoms with Crippen LogP contribution in [0.1, 0.15) is 11.1 Å². The molecule has 4 N–H and O–H groups in total. The fourth-order valence-electron chi connectivity index (χ4n) is 1.78. The van der Waals surface area contributed by atoms with Crippen molar-refractivity contribution in [1.29, 1.82) is 0 Å². The highest BCUT2D eigenvalue weighted by molar-refractivity contribution is 9.10. The van der Waals surface area contributed by atoms with Gasteiger partial charge in [0.1, 0.15) is 4.90 Å². The summed E-state index contributed by atoms with van der Waals surface area (Å²) in [5.74, 6) is 5.40. The molecular formula is C13H15BrN4O2S. The molecule has 0 aliphatic carbocycles. The molecule has 1 heterocycles. The highest BCUT2D eigenvalue weighted by atomic mass is 79.9. The number of benzene rings is 1. The first-order valence-corrected chi connectivity index (χ1v) is 8.33. The molecule has 0 radical (unpaired) electrons. The number of hydrogen-bond acceptors (Lipinski definition) is 5. The Kier molecular flexibility index (Phi) is 4.50. The Morgan fingerprint density at radius 3 is 2.62 bits per heavy atom. The van der Waals surface area contributed by atoms with Gasteiger partial charge in [-0.3, -0.25) is 4.72 Å². The number of aromatic nitrogens is 1. The van der Waals surface area contributed by atoms with Gasteiger partial charge >= 0.3 is 0 Å². The second-order valence-electron chi connectivity index (χ2n) is 4.57. The second-order valence-corrected chi connectivity index (χ2v) is 7.13. The summed E-state index contributed by atoms with van der Waals surface area (Å²) in [7, 11) is -3.80. The molecule has 0 fully saturated rings. The number of nitrogens with zero attached hydrogens (tertiary/aromatic N) is 1. The standard InChI is InChI=1S/C13H15BrN4O2S/c1-8-3-4-9(2)11(5-8)18-21(19,20)12-6-10(14)7-16-13(12)17-15/h3-7,18H,15H2,1-2H3,(H,16,17). The summed E-state index contributed by atoms with van der Waals surface area (Å²) >= 11 is 3.21. The van der Waals surface area contributed by atoms with Crippen LogP contribution in [0.25, 0.3) is 0 Å². The van der Waals surface area contributed by atoms with Gasteiger partial charge in [0, 0.05) is 10.7 Å². The number of halogens is 1. The lowest BCUT2D eigenvalue weighted by atomic mass is 10.1. The minimum absolute atomic E-state index is 0.0275. The predicted molar refractivity (Wildman–Crippen MR) is 86.5 cm³/mol. The maximum atomic E-state index is 12.5. The largest absolute Gasteiger partial charge is 0.307 e. The second kappa shape index (κ2) is 6.00. The average molecular weight is 371 g/mol. The van der Waals surface area contributed by atoms with Crippen molar-refractivity contribution in [2.45, 2.75) is 18.7 Å². The normalized spacial score (nSPS) is 11.2. The third kappa shape index (κ3) is 3.52. The molecule has 8 heteroatoms. The summed E-state index contributed by atoms with van der Waals surface area (Å²) in [5.41, 5.74) is 4.60. The van der Waals surface area contributed by atoms with E-state index in [4.69, 9.17) is 5.84 Å². The number of hydrogen-bond donors (Lipinski definition) is 3. The van der Waals surface area contributed by atoms with Crippen molar-refractivity contribution in [3.8, 4) is 0 Å². The topological polar surface area (TPSA) is 97.1 Å². The van der Waals surface area contributed by atoms with E-state index in [0.29, 0.717) is 10.2 Å². The lowest BCUT2D eigenvalue weighted by Gasteiger charge is -2.13. The fraction of sp³-hybridized carbons (Fsp3) is 0.154. The number of aryl methyl sites for hydroxylation is 2. The van der Waals surface area contributed by atoms with Crippen molar-refractivity contribution in [2.75, 3.05) is 10.1 Å². The molecular weight excluding hydrogens is 356 g/mol. The predicted octanol–water partition coefficient (Wildman–Crippen LogP) is 2.55. The smallest absolute Gasteiger partial charge is 0.265 e. The molecule has 2 aromatic rings. The zero-order valence-corrected chi connectivity index (χ0v) is 13.9. The zero-order valence-electron chi connectivity index (χ0n) is 11.5. The molecule has 0 aliphatic heterocycles. The quantitative estimate of drug-likeness (QED) is 0.567. The number of pyridine rings is 1. The molecule has 1 aromatic carbocycles. The Bertz CT molecular complexity index is 778. The van der Waals surface area contributed by atoms with Crippen molar-refractivity contribution in [3.05, 3.63) is 46.1 Å². The summed E-state index contributed by atoms with van der Waals surface area (Å²) < 4.78 is 28.2. The molecule has 0 aliphatic rings. The van der Waals surface area contributed by atoms with Crippen LogP contribution in [0.2, 0.25) is 0 Å². The van der Waals surface area contributed by atoms with E-state index in [2.05, 4.69) is 31.1 Å². The van der Waals surface area contributed by atoms with Crippen LogP contribution in [-0.2, 0) is 10.0 Å². The van der Waals surface area contributed by atoms with E-state index in [-0.39, 0.29) is 10.7 Å². The molecule has 21 heavy (non-hydrogen) atoms. The highest BCUT2D eigenvalue weighted by Crippen LogP contribution is 2.26. The molecule has 1 aromatic heterocycles. The van der Waals surface area contributed by atoms with Gasteiger partial charge in [-0.2, -0.15) is 0 Å². The first-order chi connectivity index (χ1) is 9.83. The minimum Gasteiger partial charge on any atom is -0.307 e. The summed E-state index contributed by atoms with van der Waals surface area (Å²) in [6.45, 7) is 3.73. The van der Waals surface area contributed by atoms with Crippen molar-refractivity contribution in [3.63, 3.8) is 0 Å². The minimum atomic E-state index is -3.80. The Balaban J connectivity index is 2.48. The molecule has 0 bridgehead atoms. The van der Waals surface area contributed by atoms with E-state index in [0.717, 1.165) is 11.1 Å². The van der Waals surface area contributed by atoms with Crippen LogP contribution in [-0.4, -0.2) is 13.4 Å². The fourth-order valence-corrected chi connectivity index (χ4v) is 3.53. The van der Waals surface area contributed by atoms with Crippen molar-refractivity contribution >= 4 is 37.5 Å². The third-order valence-corrected chi connectivity index (χ3v) is 4.70. The first kappa shape index (κ1) is 15.7. The molecule has 112 valence electrons. The average Bonchev–Trinajstić information content (AvgIpc) is 2.42. The van der Waals surface area contributed by atoms with Gasteiger partial charge in [-0.1, -0.05) is 12.1 Å². The number of nitrogen functional groups attached to an aromatic ring is 1. The molecule has 0 saturated carbocycles.